The van der Waals surface area contributed by atoms with E-state index in [0.29, 0.717) is 42.1 Å². The summed E-state index contributed by atoms with van der Waals surface area (Å²) in [4.78, 5) is 32.3. The Morgan fingerprint density at radius 3 is 2.13 bits per heavy atom. The van der Waals surface area contributed by atoms with E-state index < -0.39 is 17.4 Å². The SMILES string of the molecule is CC(C)N(CCn1c(C(O)c2ccccc2)nc2c1c(=O)n(C)c(=O)n2C)C(C)C.Cl. The lowest BCUT2D eigenvalue weighted by Crippen LogP contribution is -2.40. The summed E-state index contributed by atoms with van der Waals surface area (Å²) < 4.78 is 4.21. The average Bonchev–Trinajstić information content (AvgIpc) is 3.10. The second-order valence-electron chi connectivity index (χ2n) is 8.24. The van der Waals surface area contributed by atoms with E-state index in [1.165, 1.54) is 11.6 Å². The third-order valence-corrected chi connectivity index (χ3v) is 5.65. The predicted octanol–water partition coefficient (Wildman–Crippen LogP) is 2.06. The van der Waals surface area contributed by atoms with Crippen molar-refractivity contribution >= 4 is 23.6 Å². The van der Waals surface area contributed by atoms with Crippen molar-refractivity contribution in [2.75, 3.05) is 6.54 Å². The molecule has 0 aliphatic heterocycles. The van der Waals surface area contributed by atoms with E-state index >= 15 is 0 Å². The Bertz CT molecular complexity index is 1140. The lowest BCUT2D eigenvalue weighted by molar-refractivity contribution is 0.163. The molecule has 2 aromatic heterocycles. The molecule has 170 valence electrons. The van der Waals surface area contributed by atoms with Crippen molar-refractivity contribution in [1.82, 2.24) is 23.6 Å². The molecule has 0 fully saturated rings. The first-order valence-electron chi connectivity index (χ1n) is 10.3. The van der Waals surface area contributed by atoms with Crippen molar-refractivity contribution in [3.8, 4) is 0 Å². The van der Waals surface area contributed by atoms with E-state index in [2.05, 4.69) is 37.6 Å². The van der Waals surface area contributed by atoms with Crippen LogP contribution in [0.5, 0.6) is 0 Å². The highest BCUT2D eigenvalue weighted by Gasteiger charge is 2.25. The van der Waals surface area contributed by atoms with Gasteiger partial charge in [-0.1, -0.05) is 30.3 Å². The van der Waals surface area contributed by atoms with Crippen LogP contribution in [0.25, 0.3) is 11.2 Å². The van der Waals surface area contributed by atoms with Gasteiger partial charge in [-0.15, -0.1) is 12.4 Å². The third kappa shape index (κ3) is 4.61. The van der Waals surface area contributed by atoms with E-state index in [1.54, 1.807) is 11.6 Å². The number of rotatable bonds is 7. The number of hydrogen-bond donors (Lipinski definition) is 1. The minimum absolute atomic E-state index is 0. The monoisotopic (exact) mass is 449 g/mol. The van der Waals surface area contributed by atoms with E-state index in [9.17, 15) is 14.7 Å². The summed E-state index contributed by atoms with van der Waals surface area (Å²) in [5.74, 6) is 0.363. The van der Waals surface area contributed by atoms with Gasteiger partial charge in [-0.3, -0.25) is 18.8 Å². The maximum atomic E-state index is 13.0. The Hall–Kier alpha value is -2.42. The fraction of sp³-hybridized carbons (Fsp3) is 0.500. The van der Waals surface area contributed by atoms with Crippen molar-refractivity contribution in [1.29, 1.82) is 0 Å². The first kappa shape index (κ1) is 24.8. The van der Waals surface area contributed by atoms with Gasteiger partial charge in [0, 0.05) is 39.3 Å². The van der Waals surface area contributed by atoms with Crippen molar-refractivity contribution in [3.63, 3.8) is 0 Å². The molecule has 9 heteroatoms. The highest BCUT2D eigenvalue weighted by molar-refractivity contribution is 5.85. The number of benzene rings is 1. The fourth-order valence-electron chi connectivity index (χ4n) is 4.01. The average molecular weight is 450 g/mol. The summed E-state index contributed by atoms with van der Waals surface area (Å²) in [5.41, 5.74) is 0.447. The molecule has 8 nitrogen and oxygen atoms in total. The van der Waals surface area contributed by atoms with Gasteiger partial charge >= 0.3 is 5.69 Å². The molecule has 3 rings (SSSR count). The normalized spacial score (nSPS) is 12.7. The molecule has 1 unspecified atom stereocenters. The molecule has 0 aliphatic carbocycles. The van der Waals surface area contributed by atoms with Crippen molar-refractivity contribution < 1.29 is 5.11 Å². The first-order valence-corrected chi connectivity index (χ1v) is 10.3. The van der Waals surface area contributed by atoms with Gasteiger partial charge in [-0.05, 0) is 33.3 Å². The Morgan fingerprint density at radius 1 is 1.00 bits per heavy atom. The van der Waals surface area contributed by atoms with Crippen LogP contribution >= 0.6 is 12.4 Å². The molecule has 1 atom stereocenters. The van der Waals surface area contributed by atoms with Crippen molar-refractivity contribution in [2.24, 2.45) is 14.1 Å². The zero-order valence-electron chi connectivity index (χ0n) is 18.9. The second-order valence-corrected chi connectivity index (χ2v) is 8.24. The van der Waals surface area contributed by atoms with Crippen LogP contribution in [0, 0.1) is 0 Å². The molecule has 0 radical (unpaired) electrons. The number of aliphatic hydroxyl groups excluding tert-OH is 1. The summed E-state index contributed by atoms with van der Waals surface area (Å²) in [6.07, 6.45) is -1.01. The number of imidazole rings is 1. The van der Waals surface area contributed by atoms with Crippen LogP contribution in [0.1, 0.15) is 45.2 Å². The fourth-order valence-corrected chi connectivity index (χ4v) is 4.01. The number of aryl methyl sites for hydroxylation is 1. The Balaban J connectivity index is 0.00000341. The summed E-state index contributed by atoms with van der Waals surface area (Å²) in [6.45, 7) is 9.69. The van der Waals surface area contributed by atoms with Gasteiger partial charge in [0.25, 0.3) is 5.56 Å². The van der Waals surface area contributed by atoms with Gasteiger partial charge in [0.1, 0.15) is 11.9 Å². The highest BCUT2D eigenvalue weighted by atomic mass is 35.5. The molecule has 31 heavy (non-hydrogen) atoms. The summed E-state index contributed by atoms with van der Waals surface area (Å²) in [7, 11) is 3.05. The standard InChI is InChI=1S/C22H31N5O3.ClH/c1-14(2)26(15(3)4)12-13-27-17-19(24(5)22(30)25(6)21(17)29)23-20(27)18(28)16-10-8-7-9-11-16;/h7-11,14-15,18,28H,12-13H2,1-6H3;1H. The predicted molar refractivity (Wildman–Crippen MR) is 125 cm³/mol. The molecule has 0 saturated carbocycles. The van der Waals surface area contributed by atoms with Crippen molar-refractivity contribution in [3.05, 3.63) is 62.6 Å². The lowest BCUT2D eigenvalue weighted by atomic mass is 10.1. The summed E-state index contributed by atoms with van der Waals surface area (Å²) >= 11 is 0. The molecule has 0 bridgehead atoms. The van der Waals surface area contributed by atoms with Gasteiger partial charge < -0.3 is 9.67 Å². The maximum absolute atomic E-state index is 13.0. The summed E-state index contributed by atoms with van der Waals surface area (Å²) in [6, 6.07) is 9.87. The molecule has 0 amide bonds. The third-order valence-electron chi connectivity index (χ3n) is 5.65. The van der Waals surface area contributed by atoms with Gasteiger partial charge in [-0.25, -0.2) is 9.78 Å². The summed E-state index contributed by atoms with van der Waals surface area (Å²) in [5, 5.41) is 11.1. The number of aromatic nitrogens is 4. The number of aliphatic hydroxyl groups is 1. The van der Waals surface area contributed by atoms with Crippen LogP contribution in [0.15, 0.2) is 39.9 Å². The van der Waals surface area contributed by atoms with Crippen LogP contribution in [0.2, 0.25) is 0 Å². The smallest absolute Gasteiger partial charge is 0.332 e. The van der Waals surface area contributed by atoms with E-state index in [-0.39, 0.29) is 18.1 Å². The lowest BCUT2D eigenvalue weighted by Gasteiger charge is -2.31. The first-order chi connectivity index (χ1) is 14.1. The van der Waals surface area contributed by atoms with Crippen LogP contribution < -0.4 is 11.2 Å². The zero-order chi connectivity index (χ0) is 22.2. The molecule has 0 spiro atoms. The molecule has 2 heterocycles. The van der Waals surface area contributed by atoms with Crippen LogP contribution in [-0.4, -0.2) is 47.3 Å². The molecular weight excluding hydrogens is 418 g/mol. The Labute approximate surface area is 188 Å². The van der Waals surface area contributed by atoms with Gasteiger partial charge in [-0.2, -0.15) is 0 Å². The van der Waals surface area contributed by atoms with Crippen molar-refractivity contribution in [2.45, 2.75) is 52.4 Å². The maximum Gasteiger partial charge on any atom is 0.332 e. The topological polar surface area (TPSA) is 85.3 Å². The number of fused-ring (bicyclic) bond motifs is 1. The highest BCUT2D eigenvalue weighted by Crippen LogP contribution is 2.24. The second kappa shape index (κ2) is 9.80. The Morgan fingerprint density at radius 2 is 1.58 bits per heavy atom. The molecular formula is C22H32ClN5O3. The van der Waals surface area contributed by atoms with E-state index in [0.717, 1.165) is 4.57 Å². The largest absolute Gasteiger partial charge is 0.380 e. The van der Waals surface area contributed by atoms with Crippen LogP contribution in [0.4, 0.5) is 0 Å². The zero-order valence-corrected chi connectivity index (χ0v) is 19.8. The Kier molecular flexibility index (Phi) is 7.86. The van der Waals surface area contributed by atoms with Gasteiger partial charge in [0.05, 0.1) is 0 Å². The number of nitrogens with zero attached hydrogens (tertiary/aromatic N) is 5. The molecule has 1 aromatic carbocycles. The minimum Gasteiger partial charge on any atom is -0.380 e. The van der Waals surface area contributed by atoms with Crippen LogP contribution in [0.3, 0.4) is 0 Å². The van der Waals surface area contributed by atoms with Gasteiger partial charge in [0.2, 0.25) is 0 Å². The van der Waals surface area contributed by atoms with Crippen LogP contribution in [-0.2, 0) is 20.6 Å². The molecule has 0 saturated heterocycles. The quantitative estimate of drug-likeness (QED) is 0.596. The number of hydrogen-bond acceptors (Lipinski definition) is 5. The number of halogens is 1. The van der Waals surface area contributed by atoms with E-state index in [4.69, 9.17) is 0 Å². The molecule has 1 N–H and O–H groups in total. The van der Waals surface area contributed by atoms with E-state index in [1.807, 2.05) is 30.3 Å². The van der Waals surface area contributed by atoms with Gasteiger partial charge in [0.15, 0.2) is 11.2 Å². The molecule has 3 aromatic rings. The molecule has 0 aliphatic rings. The minimum atomic E-state index is -1.01.